The maximum atomic E-state index is 4.91. The molecule has 148 valence electrons. The number of hydrogen-bond acceptors (Lipinski definition) is 6. The van der Waals surface area contributed by atoms with E-state index in [1.54, 1.807) is 6.26 Å². The van der Waals surface area contributed by atoms with Gasteiger partial charge in [0.15, 0.2) is 5.96 Å². The van der Waals surface area contributed by atoms with Gasteiger partial charge in [-0.3, -0.25) is 9.89 Å². The predicted molar refractivity (Wildman–Crippen MR) is 118 cm³/mol. The number of pyridine rings is 1. The Morgan fingerprint density at radius 3 is 2.67 bits per heavy atom. The summed E-state index contributed by atoms with van der Waals surface area (Å²) in [5.74, 6) is 1.90. The first kappa shape index (κ1) is 21.4. The molecule has 0 amide bonds. The molecule has 0 saturated carbocycles. The predicted octanol–water partition coefficient (Wildman–Crippen LogP) is 1.65. The minimum atomic E-state index is 0. The Morgan fingerprint density at radius 2 is 2.04 bits per heavy atom. The van der Waals surface area contributed by atoms with Crippen LogP contribution in [0.25, 0.3) is 0 Å². The first-order valence-electron chi connectivity index (χ1n) is 8.85. The molecule has 2 aromatic rings. The van der Waals surface area contributed by atoms with Crippen LogP contribution in [-0.2, 0) is 13.1 Å². The van der Waals surface area contributed by atoms with Crippen LogP contribution in [-0.4, -0.2) is 73.2 Å². The third-order valence-electron chi connectivity index (χ3n) is 4.48. The number of piperazine rings is 1. The van der Waals surface area contributed by atoms with Crippen LogP contribution in [0.2, 0.25) is 0 Å². The van der Waals surface area contributed by atoms with Gasteiger partial charge in [0, 0.05) is 72.7 Å². The number of halogens is 1. The quantitative estimate of drug-likeness (QED) is 0.392. The van der Waals surface area contributed by atoms with Gasteiger partial charge in [0.25, 0.3) is 0 Å². The van der Waals surface area contributed by atoms with E-state index in [1.165, 1.54) is 5.56 Å². The lowest BCUT2D eigenvalue weighted by Gasteiger charge is -2.36. The van der Waals surface area contributed by atoms with Gasteiger partial charge in [0.2, 0.25) is 0 Å². The largest absolute Gasteiger partial charge is 0.364 e. The number of nitrogens with zero attached hydrogens (tertiary/aromatic N) is 6. The first-order chi connectivity index (χ1) is 12.7. The highest BCUT2D eigenvalue weighted by atomic mass is 127. The molecule has 1 aliphatic heterocycles. The molecule has 0 aromatic carbocycles. The van der Waals surface area contributed by atoms with Crippen molar-refractivity contribution in [3.8, 4) is 0 Å². The molecule has 0 spiro atoms. The van der Waals surface area contributed by atoms with Gasteiger partial charge in [-0.15, -0.1) is 24.0 Å². The fraction of sp³-hybridized carbons (Fsp3) is 0.500. The summed E-state index contributed by atoms with van der Waals surface area (Å²) in [7, 11) is 5.83. The van der Waals surface area contributed by atoms with E-state index in [4.69, 9.17) is 4.52 Å². The smallest absolute Gasteiger partial charge is 0.194 e. The summed E-state index contributed by atoms with van der Waals surface area (Å²) in [6.07, 6.45) is 3.47. The van der Waals surface area contributed by atoms with Crippen LogP contribution in [0.15, 0.2) is 40.2 Å². The Labute approximate surface area is 177 Å². The second kappa shape index (κ2) is 10.5. The summed E-state index contributed by atoms with van der Waals surface area (Å²) >= 11 is 0. The van der Waals surface area contributed by atoms with E-state index in [0.717, 1.165) is 56.7 Å². The molecule has 3 rings (SSSR count). The molecule has 27 heavy (non-hydrogen) atoms. The maximum Gasteiger partial charge on any atom is 0.194 e. The zero-order valence-electron chi connectivity index (χ0n) is 16.1. The van der Waals surface area contributed by atoms with Gasteiger partial charge in [0.05, 0.1) is 5.69 Å². The molecule has 9 heteroatoms. The van der Waals surface area contributed by atoms with E-state index in [9.17, 15) is 0 Å². The van der Waals surface area contributed by atoms with Crippen molar-refractivity contribution in [2.45, 2.75) is 13.1 Å². The van der Waals surface area contributed by atoms with Crippen molar-refractivity contribution in [1.29, 1.82) is 0 Å². The second-order valence-electron chi connectivity index (χ2n) is 6.57. The third-order valence-corrected chi connectivity index (χ3v) is 4.48. The molecule has 0 bridgehead atoms. The minimum absolute atomic E-state index is 0. The standard InChI is InChI=1S/C18H27N7O.HI/c1-19-18(21-13-15-4-6-20-17(12-15)23(2)3)25-9-7-24(8-10-25)14-16-5-11-26-22-16;/h4-6,11-12H,7-10,13-14H2,1-3H3,(H,19,21);1H. The molecule has 0 unspecified atom stereocenters. The fourth-order valence-corrected chi connectivity index (χ4v) is 2.99. The van der Waals surface area contributed by atoms with Gasteiger partial charge in [-0.1, -0.05) is 5.16 Å². The van der Waals surface area contributed by atoms with Crippen LogP contribution in [0.3, 0.4) is 0 Å². The van der Waals surface area contributed by atoms with Crippen molar-refractivity contribution in [2.24, 2.45) is 4.99 Å². The van der Waals surface area contributed by atoms with E-state index in [2.05, 4.69) is 36.3 Å². The van der Waals surface area contributed by atoms with Gasteiger partial charge < -0.3 is 19.6 Å². The van der Waals surface area contributed by atoms with Crippen LogP contribution < -0.4 is 10.2 Å². The third kappa shape index (κ3) is 6.06. The Balaban J connectivity index is 0.00000261. The van der Waals surface area contributed by atoms with E-state index >= 15 is 0 Å². The van der Waals surface area contributed by atoms with Crippen molar-refractivity contribution in [3.05, 3.63) is 41.9 Å². The molecule has 8 nitrogen and oxygen atoms in total. The van der Waals surface area contributed by atoms with Gasteiger partial charge in [0.1, 0.15) is 12.1 Å². The Kier molecular flexibility index (Phi) is 8.29. The Hall–Kier alpha value is -1.88. The second-order valence-corrected chi connectivity index (χ2v) is 6.57. The monoisotopic (exact) mass is 485 g/mol. The summed E-state index contributed by atoms with van der Waals surface area (Å²) in [5, 5.41) is 7.45. The first-order valence-corrected chi connectivity index (χ1v) is 8.85. The lowest BCUT2D eigenvalue weighted by molar-refractivity contribution is 0.169. The summed E-state index contributed by atoms with van der Waals surface area (Å²) in [5.41, 5.74) is 2.17. The molecule has 0 radical (unpaired) electrons. The molecular weight excluding hydrogens is 457 g/mol. The Bertz CT molecular complexity index is 712. The molecule has 2 aromatic heterocycles. The molecule has 1 N–H and O–H groups in total. The van der Waals surface area contributed by atoms with Gasteiger partial charge in [-0.25, -0.2) is 4.98 Å². The van der Waals surface area contributed by atoms with E-state index < -0.39 is 0 Å². The minimum Gasteiger partial charge on any atom is -0.364 e. The van der Waals surface area contributed by atoms with Crippen molar-refractivity contribution >= 4 is 35.8 Å². The summed E-state index contributed by atoms with van der Waals surface area (Å²) in [4.78, 5) is 15.5. The van der Waals surface area contributed by atoms with Crippen LogP contribution in [0, 0.1) is 0 Å². The van der Waals surface area contributed by atoms with Crippen LogP contribution in [0.5, 0.6) is 0 Å². The number of aliphatic imine (C=N–C) groups is 1. The van der Waals surface area contributed by atoms with Crippen LogP contribution >= 0.6 is 24.0 Å². The van der Waals surface area contributed by atoms with Crippen LogP contribution in [0.1, 0.15) is 11.3 Å². The molecular formula is C18H28IN7O. The van der Waals surface area contributed by atoms with Crippen molar-refractivity contribution in [3.63, 3.8) is 0 Å². The number of nitrogens with one attached hydrogen (secondary N) is 1. The molecule has 1 saturated heterocycles. The average molecular weight is 485 g/mol. The van der Waals surface area contributed by atoms with Gasteiger partial charge >= 0.3 is 0 Å². The van der Waals surface area contributed by atoms with E-state index in [1.807, 2.05) is 44.4 Å². The summed E-state index contributed by atoms with van der Waals surface area (Å²) in [6.45, 7) is 5.41. The molecule has 1 aliphatic rings. The number of aromatic nitrogens is 2. The topological polar surface area (TPSA) is 73.0 Å². The Morgan fingerprint density at radius 1 is 1.26 bits per heavy atom. The summed E-state index contributed by atoms with van der Waals surface area (Å²) in [6, 6.07) is 6.04. The zero-order chi connectivity index (χ0) is 18.4. The average Bonchev–Trinajstić information content (AvgIpc) is 3.17. The molecule has 0 atom stereocenters. The molecule has 3 heterocycles. The number of hydrogen-bond donors (Lipinski definition) is 1. The van der Waals surface area contributed by atoms with Gasteiger partial charge in [-0.2, -0.15) is 0 Å². The van der Waals surface area contributed by atoms with Crippen molar-refractivity contribution < 1.29 is 4.52 Å². The van der Waals surface area contributed by atoms with Crippen molar-refractivity contribution in [1.82, 2.24) is 25.3 Å². The van der Waals surface area contributed by atoms with Crippen LogP contribution in [0.4, 0.5) is 5.82 Å². The van der Waals surface area contributed by atoms with E-state index in [0.29, 0.717) is 0 Å². The van der Waals surface area contributed by atoms with Gasteiger partial charge in [-0.05, 0) is 17.7 Å². The highest BCUT2D eigenvalue weighted by Crippen LogP contribution is 2.10. The normalized spacial score (nSPS) is 15.4. The zero-order valence-corrected chi connectivity index (χ0v) is 18.5. The lowest BCUT2D eigenvalue weighted by Crippen LogP contribution is -2.52. The fourth-order valence-electron chi connectivity index (χ4n) is 2.99. The highest BCUT2D eigenvalue weighted by molar-refractivity contribution is 14.0. The van der Waals surface area contributed by atoms with E-state index in [-0.39, 0.29) is 24.0 Å². The SMILES string of the molecule is CN=C(NCc1ccnc(N(C)C)c1)N1CCN(Cc2ccon2)CC1.I. The molecule has 0 aliphatic carbocycles. The highest BCUT2D eigenvalue weighted by Gasteiger charge is 2.20. The molecule has 1 fully saturated rings. The van der Waals surface area contributed by atoms with Crippen molar-refractivity contribution in [2.75, 3.05) is 52.2 Å². The number of guanidine groups is 1. The summed E-state index contributed by atoms with van der Waals surface area (Å²) < 4.78 is 4.91. The maximum absolute atomic E-state index is 4.91. The lowest BCUT2D eigenvalue weighted by atomic mass is 10.2. The number of anilines is 1. The number of rotatable bonds is 5.